The van der Waals surface area contributed by atoms with E-state index >= 15 is 0 Å². The van der Waals surface area contributed by atoms with Gasteiger partial charge in [0.05, 0.1) is 0 Å². The zero-order valence-corrected chi connectivity index (χ0v) is 9.45. The molecule has 0 spiro atoms. The normalized spacial score (nSPS) is 12.6. The van der Waals surface area contributed by atoms with E-state index in [1.807, 2.05) is 0 Å². The molecule has 0 radical (unpaired) electrons. The van der Waals surface area contributed by atoms with Gasteiger partial charge >= 0.3 is 0 Å². The molecule has 0 bridgehead atoms. The highest BCUT2D eigenvalue weighted by molar-refractivity contribution is 9.09. The van der Waals surface area contributed by atoms with Crippen molar-refractivity contribution in [3.63, 3.8) is 0 Å². The van der Waals surface area contributed by atoms with Crippen molar-refractivity contribution in [1.29, 1.82) is 0 Å². The molecular formula is C10H19Br. The molecule has 0 rings (SSSR count). The third-order valence-electron chi connectivity index (χ3n) is 1.72. The molecule has 0 saturated heterocycles. The Kier molecular flexibility index (Phi) is 7.04. The highest BCUT2D eigenvalue weighted by Gasteiger charge is 1.94. The number of halogens is 1. The molecular weight excluding hydrogens is 200 g/mol. The Morgan fingerprint density at radius 2 is 2.09 bits per heavy atom. The lowest BCUT2D eigenvalue weighted by atomic mass is 10.0. The first kappa shape index (κ1) is 11.2. The van der Waals surface area contributed by atoms with Gasteiger partial charge < -0.3 is 0 Å². The Morgan fingerprint density at radius 3 is 2.55 bits per heavy atom. The molecule has 0 unspecified atom stereocenters. The van der Waals surface area contributed by atoms with Crippen molar-refractivity contribution >= 4 is 15.9 Å². The second kappa shape index (κ2) is 6.90. The van der Waals surface area contributed by atoms with E-state index in [-0.39, 0.29) is 0 Å². The molecule has 66 valence electrons. The summed E-state index contributed by atoms with van der Waals surface area (Å²) in [5.74, 6) is 0.835. The van der Waals surface area contributed by atoms with Crippen molar-refractivity contribution < 1.29 is 0 Å². The molecule has 0 aromatic rings. The molecule has 0 amide bonds. The fourth-order valence-corrected chi connectivity index (χ4v) is 1.15. The minimum absolute atomic E-state index is 0.835. The molecule has 0 saturated carbocycles. The smallest absolute Gasteiger partial charge is 0.00660 e. The Labute approximate surface area is 79.2 Å². The molecule has 0 atom stereocenters. The number of hydrogen-bond donors (Lipinski definition) is 0. The van der Waals surface area contributed by atoms with Crippen LogP contribution in [0.25, 0.3) is 0 Å². The van der Waals surface area contributed by atoms with Gasteiger partial charge in [0.1, 0.15) is 0 Å². The van der Waals surface area contributed by atoms with Gasteiger partial charge in [0.15, 0.2) is 0 Å². The molecule has 0 N–H and O–H groups in total. The molecule has 0 aromatic heterocycles. The molecule has 0 nitrogen and oxygen atoms in total. The molecule has 11 heavy (non-hydrogen) atoms. The van der Waals surface area contributed by atoms with Gasteiger partial charge in [0.2, 0.25) is 0 Å². The second-order valence-electron chi connectivity index (χ2n) is 3.46. The summed E-state index contributed by atoms with van der Waals surface area (Å²) < 4.78 is 0. The van der Waals surface area contributed by atoms with Gasteiger partial charge in [0.25, 0.3) is 0 Å². The van der Waals surface area contributed by atoms with E-state index in [9.17, 15) is 0 Å². The Bertz CT molecular complexity index is 114. The fourth-order valence-electron chi connectivity index (χ4n) is 0.919. The maximum atomic E-state index is 3.41. The minimum atomic E-state index is 0.835. The highest BCUT2D eigenvalue weighted by Crippen LogP contribution is 2.11. The summed E-state index contributed by atoms with van der Waals surface area (Å²) in [6, 6.07) is 0. The summed E-state index contributed by atoms with van der Waals surface area (Å²) in [5.41, 5.74) is 1.54. The maximum absolute atomic E-state index is 3.41. The maximum Gasteiger partial charge on any atom is 0.00660 e. The quantitative estimate of drug-likeness (QED) is 0.481. The SMILES string of the molecule is C/C(=C\CCBr)CCC(C)C. The summed E-state index contributed by atoms with van der Waals surface area (Å²) in [6.07, 6.45) is 6.09. The number of alkyl halides is 1. The molecule has 0 fully saturated rings. The summed E-state index contributed by atoms with van der Waals surface area (Å²) in [5, 5.41) is 1.09. The average molecular weight is 219 g/mol. The summed E-state index contributed by atoms with van der Waals surface area (Å²) in [7, 11) is 0. The van der Waals surface area contributed by atoms with Gasteiger partial charge in [-0.15, -0.1) is 0 Å². The standard InChI is InChI=1S/C10H19Br/c1-9(2)6-7-10(3)5-4-8-11/h5,9H,4,6-8H2,1-3H3/b10-5+. The molecule has 0 aliphatic rings. The number of hydrogen-bond acceptors (Lipinski definition) is 0. The van der Waals surface area contributed by atoms with Crippen LogP contribution in [0.2, 0.25) is 0 Å². The third kappa shape index (κ3) is 8.12. The number of allylic oxidation sites excluding steroid dienone is 2. The lowest BCUT2D eigenvalue weighted by Gasteiger charge is -2.03. The summed E-state index contributed by atoms with van der Waals surface area (Å²) in [4.78, 5) is 0. The van der Waals surface area contributed by atoms with Crippen molar-refractivity contribution in [3.05, 3.63) is 11.6 Å². The van der Waals surface area contributed by atoms with Gasteiger partial charge in [-0.3, -0.25) is 0 Å². The average Bonchev–Trinajstić information content (AvgIpc) is 1.97. The zero-order valence-electron chi connectivity index (χ0n) is 7.86. The molecule has 0 aliphatic heterocycles. The van der Waals surface area contributed by atoms with Gasteiger partial charge in [-0.2, -0.15) is 0 Å². The van der Waals surface area contributed by atoms with Crippen molar-refractivity contribution in [3.8, 4) is 0 Å². The Balaban J connectivity index is 3.42. The van der Waals surface area contributed by atoms with E-state index in [1.165, 1.54) is 24.8 Å². The summed E-state index contributed by atoms with van der Waals surface area (Å²) in [6.45, 7) is 6.78. The van der Waals surface area contributed by atoms with Gasteiger partial charge in [-0.1, -0.05) is 41.4 Å². The van der Waals surface area contributed by atoms with Gasteiger partial charge in [-0.25, -0.2) is 0 Å². The molecule has 1 heteroatoms. The van der Waals surface area contributed by atoms with E-state index in [4.69, 9.17) is 0 Å². The largest absolute Gasteiger partial charge is 0.0925 e. The van der Waals surface area contributed by atoms with E-state index in [1.54, 1.807) is 0 Å². The second-order valence-corrected chi connectivity index (χ2v) is 4.25. The first-order chi connectivity index (χ1) is 5.16. The van der Waals surface area contributed by atoms with Crippen molar-refractivity contribution in [1.82, 2.24) is 0 Å². The van der Waals surface area contributed by atoms with Crippen molar-refractivity contribution in [2.45, 2.75) is 40.0 Å². The molecule has 0 heterocycles. The molecule has 0 aliphatic carbocycles. The van der Waals surface area contributed by atoms with Crippen LogP contribution in [0, 0.1) is 5.92 Å². The minimum Gasteiger partial charge on any atom is -0.0925 e. The third-order valence-corrected chi connectivity index (χ3v) is 2.18. The predicted octanol–water partition coefficient (Wildman–Crippen LogP) is 4.15. The van der Waals surface area contributed by atoms with Crippen molar-refractivity contribution in [2.75, 3.05) is 5.33 Å². The van der Waals surface area contributed by atoms with Crippen LogP contribution in [0.1, 0.15) is 40.0 Å². The Hall–Kier alpha value is 0.220. The lowest BCUT2D eigenvalue weighted by Crippen LogP contribution is -1.87. The highest BCUT2D eigenvalue weighted by atomic mass is 79.9. The predicted molar refractivity (Wildman–Crippen MR) is 56.2 cm³/mol. The first-order valence-electron chi connectivity index (χ1n) is 4.38. The van der Waals surface area contributed by atoms with Crippen LogP contribution in [0.4, 0.5) is 0 Å². The van der Waals surface area contributed by atoms with Crippen LogP contribution < -0.4 is 0 Å². The molecule has 0 aromatic carbocycles. The summed E-state index contributed by atoms with van der Waals surface area (Å²) >= 11 is 3.41. The Morgan fingerprint density at radius 1 is 1.45 bits per heavy atom. The van der Waals surface area contributed by atoms with Gasteiger partial charge in [-0.05, 0) is 32.1 Å². The van der Waals surface area contributed by atoms with E-state index < -0.39 is 0 Å². The van der Waals surface area contributed by atoms with Crippen LogP contribution in [0.3, 0.4) is 0 Å². The van der Waals surface area contributed by atoms with Crippen LogP contribution in [-0.2, 0) is 0 Å². The lowest BCUT2D eigenvalue weighted by molar-refractivity contribution is 0.584. The van der Waals surface area contributed by atoms with E-state index in [0.717, 1.165) is 11.2 Å². The first-order valence-corrected chi connectivity index (χ1v) is 5.50. The number of rotatable bonds is 5. The monoisotopic (exact) mass is 218 g/mol. The topological polar surface area (TPSA) is 0 Å². The zero-order chi connectivity index (χ0) is 8.69. The van der Waals surface area contributed by atoms with Crippen LogP contribution in [0.5, 0.6) is 0 Å². The van der Waals surface area contributed by atoms with Gasteiger partial charge in [0, 0.05) is 5.33 Å². The van der Waals surface area contributed by atoms with Crippen LogP contribution >= 0.6 is 15.9 Å². The van der Waals surface area contributed by atoms with E-state index in [2.05, 4.69) is 42.8 Å². The fraction of sp³-hybridized carbons (Fsp3) is 0.800. The van der Waals surface area contributed by atoms with Crippen LogP contribution in [-0.4, -0.2) is 5.33 Å². The van der Waals surface area contributed by atoms with Crippen LogP contribution in [0.15, 0.2) is 11.6 Å². The van der Waals surface area contributed by atoms with Crippen molar-refractivity contribution in [2.24, 2.45) is 5.92 Å². The van der Waals surface area contributed by atoms with E-state index in [0.29, 0.717) is 0 Å².